The third-order valence-corrected chi connectivity index (χ3v) is 4.71. The molecule has 1 saturated carbocycles. The van der Waals surface area contributed by atoms with Crippen LogP contribution >= 0.6 is 0 Å². The number of nitrogens with one attached hydrogen (secondary N) is 1. The van der Waals surface area contributed by atoms with Crippen LogP contribution in [0.1, 0.15) is 33.1 Å². The molecule has 118 valence electrons. The maximum atomic E-state index is 5.33. The van der Waals surface area contributed by atoms with E-state index in [1.807, 2.05) is 6.07 Å². The molecule has 1 fully saturated rings. The highest BCUT2D eigenvalue weighted by atomic mass is 16.5. The molecular formula is C18H30N2O. The van der Waals surface area contributed by atoms with E-state index >= 15 is 0 Å². The van der Waals surface area contributed by atoms with Crippen LogP contribution in [-0.2, 0) is 0 Å². The van der Waals surface area contributed by atoms with Crippen molar-refractivity contribution in [3.8, 4) is 5.75 Å². The van der Waals surface area contributed by atoms with Crippen LogP contribution in [0.25, 0.3) is 0 Å². The monoisotopic (exact) mass is 290 g/mol. The zero-order chi connectivity index (χ0) is 15.2. The maximum absolute atomic E-state index is 5.33. The van der Waals surface area contributed by atoms with Gasteiger partial charge in [-0.05, 0) is 49.8 Å². The van der Waals surface area contributed by atoms with Crippen LogP contribution in [-0.4, -0.2) is 33.3 Å². The summed E-state index contributed by atoms with van der Waals surface area (Å²) in [4.78, 5) is 2.37. The Labute approximate surface area is 129 Å². The number of nitrogens with zero attached hydrogens (tertiary/aromatic N) is 1. The average Bonchev–Trinajstić information content (AvgIpc) is 2.50. The number of ether oxygens (including phenoxy) is 1. The minimum absolute atomic E-state index is 0.666. The van der Waals surface area contributed by atoms with Crippen LogP contribution < -0.4 is 15.0 Å². The number of methoxy groups -OCH3 is 1. The highest BCUT2D eigenvalue weighted by Crippen LogP contribution is 2.31. The van der Waals surface area contributed by atoms with E-state index in [4.69, 9.17) is 4.74 Å². The quantitative estimate of drug-likeness (QED) is 0.867. The molecule has 0 radical (unpaired) electrons. The van der Waals surface area contributed by atoms with Gasteiger partial charge in [0, 0.05) is 31.4 Å². The van der Waals surface area contributed by atoms with Gasteiger partial charge in [-0.15, -0.1) is 0 Å². The van der Waals surface area contributed by atoms with Gasteiger partial charge >= 0.3 is 0 Å². The van der Waals surface area contributed by atoms with Crippen molar-refractivity contribution in [1.82, 2.24) is 5.32 Å². The number of hydrogen-bond donors (Lipinski definition) is 1. The van der Waals surface area contributed by atoms with E-state index in [0.29, 0.717) is 6.04 Å². The summed E-state index contributed by atoms with van der Waals surface area (Å²) in [6, 6.07) is 9.02. The van der Waals surface area contributed by atoms with Gasteiger partial charge in [-0.25, -0.2) is 0 Å². The first-order valence-corrected chi connectivity index (χ1v) is 8.22. The molecule has 3 unspecified atom stereocenters. The molecule has 2 rings (SSSR count). The van der Waals surface area contributed by atoms with Gasteiger partial charge in [-0.3, -0.25) is 0 Å². The first-order chi connectivity index (χ1) is 10.1. The van der Waals surface area contributed by atoms with E-state index in [1.165, 1.54) is 24.9 Å². The molecule has 0 amide bonds. The number of hydrogen-bond acceptors (Lipinski definition) is 3. The van der Waals surface area contributed by atoms with E-state index in [0.717, 1.165) is 30.7 Å². The van der Waals surface area contributed by atoms with E-state index in [-0.39, 0.29) is 0 Å². The summed E-state index contributed by atoms with van der Waals surface area (Å²) in [5, 5.41) is 3.68. The van der Waals surface area contributed by atoms with Crippen LogP contribution in [0, 0.1) is 11.8 Å². The SMILES string of the molecule is CCNC1CCC(C)CC1CN(C)c1cccc(OC)c1. The van der Waals surface area contributed by atoms with Crippen molar-refractivity contribution in [2.75, 3.05) is 32.1 Å². The molecule has 3 atom stereocenters. The van der Waals surface area contributed by atoms with E-state index in [9.17, 15) is 0 Å². The Morgan fingerprint density at radius 1 is 1.33 bits per heavy atom. The van der Waals surface area contributed by atoms with E-state index in [2.05, 4.69) is 49.3 Å². The van der Waals surface area contributed by atoms with Crippen molar-refractivity contribution in [2.24, 2.45) is 11.8 Å². The summed E-state index contributed by atoms with van der Waals surface area (Å²) in [5.41, 5.74) is 1.24. The Morgan fingerprint density at radius 2 is 2.14 bits per heavy atom. The molecule has 1 N–H and O–H groups in total. The Balaban J connectivity index is 2.02. The van der Waals surface area contributed by atoms with Crippen LogP contribution in [0.3, 0.4) is 0 Å². The Morgan fingerprint density at radius 3 is 2.86 bits per heavy atom. The zero-order valence-electron chi connectivity index (χ0n) is 13.9. The Bertz CT molecular complexity index is 435. The average molecular weight is 290 g/mol. The fourth-order valence-corrected chi connectivity index (χ4v) is 3.54. The molecule has 3 nitrogen and oxygen atoms in total. The fourth-order valence-electron chi connectivity index (χ4n) is 3.54. The molecule has 1 aromatic rings. The predicted octanol–water partition coefficient (Wildman–Crippen LogP) is 3.55. The lowest BCUT2D eigenvalue weighted by Gasteiger charge is -2.38. The second-order valence-electron chi connectivity index (χ2n) is 6.42. The van der Waals surface area contributed by atoms with Gasteiger partial charge in [0.2, 0.25) is 0 Å². The van der Waals surface area contributed by atoms with Crippen molar-refractivity contribution >= 4 is 5.69 Å². The van der Waals surface area contributed by atoms with Gasteiger partial charge in [0.15, 0.2) is 0 Å². The lowest BCUT2D eigenvalue weighted by atomic mass is 9.78. The molecule has 0 spiro atoms. The number of rotatable bonds is 6. The first-order valence-electron chi connectivity index (χ1n) is 8.22. The van der Waals surface area contributed by atoms with Gasteiger partial charge in [0.1, 0.15) is 5.75 Å². The molecule has 1 aromatic carbocycles. The molecule has 1 aliphatic carbocycles. The van der Waals surface area contributed by atoms with Gasteiger partial charge in [0.25, 0.3) is 0 Å². The molecule has 0 saturated heterocycles. The highest BCUT2D eigenvalue weighted by molar-refractivity contribution is 5.50. The Kier molecular flexibility index (Phi) is 5.92. The summed E-state index contributed by atoms with van der Waals surface area (Å²) in [5.74, 6) is 2.51. The first kappa shape index (κ1) is 16.2. The molecule has 0 aliphatic heterocycles. The normalized spacial score (nSPS) is 25.6. The van der Waals surface area contributed by atoms with Crippen molar-refractivity contribution in [3.63, 3.8) is 0 Å². The fraction of sp³-hybridized carbons (Fsp3) is 0.667. The highest BCUT2D eigenvalue weighted by Gasteiger charge is 2.28. The third kappa shape index (κ3) is 4.37. The molecule has 0 heterocycles. The second-order valence-corrected chi connectivity index (χ2v) is 6.42. The molecule has 21 heavy (non-hydrogen) atoms. The number of benzene rings is 1. The number of anilines is 1. The van der Waals surface area contributed by atoms with Gasteiger partial charge in [-0.2, -0.15) is 0 Å². The standard InChI is InChI=1S/C18H30N2O/c1-5-19-18-10-9-14(2)11-15(18)13-20(3)16-7-6-8-17(12-16)21-4/h6-8,12,14-15,18-19H,5,9-11,13H2,1-4H3. The van der Waals surface area contributed by atoms with Crippen molar-refractivity contribution in [3.05, 3.63) is 24.3 Å². The minimum atomic E-state index is 0.666. The summed E-state index contributed by atoms with van der Waals surface area (Å²) in [7, 11) is 3.92. The summed E-state index contributed by atoms with van der Waals surface area (Å²) in [6.07, 6.45) is 3.99. The van der Waals surface area contributed by atoms with Crippen molar-refractivity contribution < 1.29 is 4.74 Å². The lowest BCUT2D eigenvalue weighted by Crippen LogP contribution is -2.45. The zero-order valence-corrected chi connectivity index (χ0v) is 13.9. The predicted molar refractivity (Wildman–Crippen MR) is 90.2 cm³/mol. The summed E-state index contributed by atoms with van der Waals surface area (Å²) in [6.45, 7) is 6.77. The topological polar surface area (TPSA) is 24.5 Å². The Hall–Kier alpha value is -1.22. The van der Waals surface area contributed by atoms with Crippen molar-refractivity contribution in [2.45, 2.75) is 39.2 Å². The third-order valence-electron chi connectivity index (χ3n) is 4.71. The molecule has 0 bridgehead atoms. The molecule has 0 aromatic heterocycles. The van der Waals surface area contributed by atoms with Crippen LogP contribution in [0.2, 0.25) is 0 Å². The maximum Gasteiger partial charge on any atom is 0.120 e. The molecule has 1 aliphatic rings. The largest absolute Gasteiger partial charge is 0.497 e. The van der Waals surface area contributed by atoms with Gasteiger partial charge < -0.3 is 15.0 Å². The van der Waals surface area contributed by atoms with Crippen LogP contribution in [0.15, 0.2) is 24.3 Å². The van der Waals surface area contributed by atoms with Crippen molar-refractivity contribution in [1.29, 1.82) is 0 Å². The summed E-state index contributed by atoms with van der Waals surface area (Å²) >= 11 is 0. The van der Waals surface area contributed by atoms with Crippen LogP contribution in [0.4, 0.5) is 5.69 Å². The van der Waals surface area contributed by atoms with E-state index in [1.54, 1.807) is 7.11 Å². The lowest BCUT2D eigenvalue weighted by molar-refractivity contribution is 0.219. The summed E-state index contributed by atoms with van der Waals surface area (Å²) < 4.78 is 5.33. The molecule has 3 heteroatoms. The van der Waals surface area contributed by atoms with Gasteiger partial charge in [-0.1, -0.05) is 19.9 Å². The molecular weight excluding hydrogens is 260 g/mol. The smallest absolute Gasteiger partial charge is 0.120 e. The van der Waals surface area contributed by atoms with Gasteiger partial charge in [0.05, 0.1) is 7.11 Å². The second kappa shape index (κ2) is 7.69. The van der Waals surface area contributed by atoms with Crippen LogP contribution in [0.5, 0.6) is 5.75 Å². The minimum Gasteiger partial charge on any atom is -0.497 e. The van der Waals surface area contributed by atoms with E-state index < -0.39 is 0 Å².